The van der Waals surface area contributed by atoms with E-state index < -0.39 is 0 Å². The normalized spacial score (nSPS) is 26.2. The molecule has 0 bridgehead atoms. The summed E-state index contributed by atoms with van der Waals surface area (Å²) >= 11 is 0. The number of carbonyl (C=O) groups is 1. The van der Waals surface area contributed by atoms with Gasteiger partial charge in [0.25, 0.3) is 0 Å². The zero-order valence-electron chi connectivity index (χ0n) is 6.55. The maximum Gasteiger partial charge on any atom is 0.229 e. The molecule has 2 heteroatoms. The van der Waals surface area contributed by atoms with Crippen LogP contribution in [0.25, 0.3) is 0 Å². The number of carbonyl (C=O) groups excluding carboxylic acids is 1. The van der Waals surface area contributed by atoms with Gasteiger partial charge in [-0.15, -0.1) is 0 Å². The molecular formula is C8H13NO. The Hall–Kier alpha value is -0.790. The molecule has 0 aromatic heterocycles. The number of rotatable bonds is 1. The van der Waals surface area contributed by atoms with Crippen LogP contribution in [0.4, 0.5) is 0 Å². The van der Waals surface area contributed by atoms with Crippen LogP contribution >= 0.6 is 0 Å². The van der Waals surface area contributed by atoms with Crippen LogP contribution in [0.5, 0.6) is 0 Å². The SMILES string of the molecule is C=C1CN(CC)C(=O)C1C. The quantitative estimate of drug-likeness (QED) is 0.497. The Balaban J connectivity index is 2.71. The minimum atomic E-state index is 0.0555. The second-order valence-corrected chi connectivity index (χ2v) is 2.73. The molecule has 0 aromatic carbocycles. The van der Waals surface area contributed by atoms with E-state index in [1.807, 2.05) is 18.7 Å². The number of hydrogen-bond acceptors (Lipinski definition) is 1. The van der Waals surface area contributed by atoms with Crippen LogP contribution in [0.1, 0.15) is 13.8 Å². The lowest BCUT2D eigenvalue weighted by atomic mass is 10.1. The van der Waals surface area contributed by atoms with Gasteiger partial charge in [-0.2, -0.15) is 0 Å². The van der Waals surface area contributed by atoms with E-state index in [1.54, 1.807) is 0 Å². The largest absolute Gasteiger partial charge is 0.338 e. The van der Waals surface area contributed by atoms with Gasteiger partial charge in [0.05, 0.1) is 5.92 Å². The van der Waals surface area contributed by atoms with E-state index in [0.29, 0.717) is 0 Å². The van der Waals surface area contributed by atoms with E-state index in [1.165, 1.54) is 0 Å². The molecule has 0 aromatic rings. The van der Waals surface area contributed by atoms with Crippen molar-refractivity contribution >= 4 is 5.91 Å². The summed E-state index contributed by atoms with van der Waals surface area (Å²) in [6, 6.07) is 0. The van der Waals surface area contributed by atoms with Gasteiger partial charge in [0, 0.05) is 13.1 Å². The maximum absolute atomic E-state index is 11.2. The molecule has 1 atom stereocenters. The molecular weight excluding hydrogens is 126 g/mol. The van der Waals surface area contributed by atoms with Crippen LogP contribution in [0.2, 0.25) is 0 Å². The molecule has 0 aliphatic carbocycles. The summed E-state index contributed by atoms with van der Waals surface area (Å²) in [4.78, 5) is 13.0. The molecule has 0 N–H and O–H groups in total. The highest BCUT2D eigenvalue weighted by molar-refractivity contribution is 5.84. The van der Waals surface area contributed by atoms with Gasteiger partial charge in [-0.05, 0) is 19.4 Å². The molecule has 1 amide bonds. The monoisotopic (exact) mass is 139 g/mol. The topological polar surface area (TPSA) is 20.3 Å². The van der Waals surface area contributed by atoms with Gasteiger partial charge in [0.2, 0.25) is 5.91 Å². The molecule has 0 spiro atoms. The molecule has 0 radical (unpaired) electrons. The van der Waals surface area contributed by atoms with E-state index in [9.17, 15) is 4.79 Å². The molecule has 1 rings (SSSR count). The maximum atomic E-state index is 11.2. The predicted molar refractivity (Wildman–Crippen MR) is 40.6 cm³/mol. The van der Waals surface area contributed by atoms with E-state index >= 15 is 0 Å². The molecule has 1 aliphatic heterocycles. The molecule has 2 nitrogen and oxygen atoms in total. The second kappa shape index (κ2) is 2.45. The van der Waals surface area contributed by atoms with Crippen LogP contribution in [-0.2, 0) is 4.79 Å². The van der Waals surface area contributed by atoms with Crippen molar-refractivity contribution in [1.29, 1.82) is 0 Å². The number of likely N-dealkylation sites (tertiary alicyclic amines) is 1. The standard InChI is InChI=1S/C8H13NO/c1-4-9-5-6(2)7(3)8(9)10/h7H,2,4-5H2,1,3H3. The lowest BCUT2D eigenvalue weighted by Crippen LogP contribution is -2.25. The Bertz CT molecular complexity index is 174. The van der Waals surface area contributed by atoms with Gasteiger partial charge >= 0.3 is 0 Å². The van der Waals surface area contributed by atoms with E-state index in [2.05, 4.69) is 6.58 Å². The zero-order chi connectivity index (χ0) is 7.72. The molecule has 1 fully saturated rings. The fraction of sp³-hybridized carbons (Fsp3) is 0.625. The fourth-order valence-electron chi connectivity index (χ4n) is 1.18. The molecule has 10 heavy (non-hydrogen) atoms. The summed E-state index contributed by atoms with van der Waals surface area (Å²) in [6.45, 7) is 9.30. The Morgan fingerprint density at radius 1 is 1.80 bits per heavy atom. The van der Waals surface area contributed by atoms with Crippen LogP contribution < -0.4 is 0 Å². The number of likely N-dealkylation sites (N-methyl/N-ethyl adjacent to an activating group) is 1. The highest BCUT2D eigenvalue weighted by Crippen LogP contribution is 2.20. The van der Waals surface area contributed by atoms with Gasteiger partial charge in [0.1, 0.15) is 0 Å². The van der Waals surface area contributed by atoms with Crippen molar-refractivity contribution in [1.82, 2.24) is 4.90 Å². The van der Waals surface area contributed by atoms with Crippen molar-refractivity contribution in [2.45, 2.75) is 13.8 Å². The summed E-state index contributed by atoms with van der Waals surface area (Å²) < 4.78 is 0. The van der Waals surface area contributed by atoms with Crippen molar-refractivity contribution in [2.75, 3.05) is 13.1 Å². The Morgan fingerprint density at radius 2 is 2.40 bits per heavy atom. The highest BCUT2D eigenvalue weighted by atomic mass is 16.2. The summed E-state index contributed by atoms with van der Waals surface area (Å²) in [7, 11) is 0. The first-order chi connectivity index (χ1) is 4.66. The minimum Gasteiger partial charge on any atom is -0.338 e. The average molecular weight is 139 g/mol. The van der Waals surface area contributed by atoms with Crippen LogP contribution in [0, 0.1) is 5.92 Å². The van der Waals surface area contributed by atoms with Crippen molar-refractivity contribution < 1.29 is 4.79 Å². The highest BCUT2D eigenvalue weighted by Gasteiger charge is 2.29. The van der Waals surface area contributed by atoms with E-state index in [0.717, 1.165) is 18.7 Å². The Kier molecular flexibility index (Phi) is 1.79. The van der Waals surface area contributed by atoms with Gasteiger partial charge in [-0.3, -0.25) is 4.79 Å². The lowest BCUT2D eigenvalue weighted by Gasteiger charge is -2.10. The number of nitrogens with zero attached hydrogens (tertiary/aromatic N) is 1. The predicted octanol–water partition coefficient (Wildman–Crippen LogP) is 1.04. The third-order valence-corrected chi connectivity index (χ3v) is 2.07. The number of amides is 1. The molecule has 1 unspecified atom stereocenters. The van der Waals surface area contributed by atoms with Crippen molar-refractivity contribution in [2.24, 2.45) is 5.92 Å². The van der Waals surface area contributed by atoms with Crippen LogP contribution in [-0.4, -0.2) is 23.9 Å². The molecule has 0 saturated carbocycles. The summed E-state index contributed by atoms with van der Waals surface area (Å²) in [5, 5.41) is 0. The van der Waals surface area contributed by atoms with Crippen LogP contribution in [0.15, 0.2) is 12.2 Å². The van der Waals surface area contributed by atoms with Crippen molar-refractivity contribution in [3.05, 3.63) is 12.2 Å². The van der Waals surface area contributed by atoms with E-state index in [4.69, 9.17) is 0 Å². The molecule has 1 heterocycles. The lowest BCUT2D eigenvalue weighted by molar-refractivity contribution is -0.130. The minimum absolute atomic E-state index is 0.0555. The van der Waals surface area contributed by atoms with Gasteiger partial charge in [-0.1, -0.05) is 6.58 Å². The third-order valence-electron chi connectivity index (χ3n) is 2.07. The summed E-state index contributed by atoms with van der Waals surface area (Å²) in [6.07, 6.45) is 0. The van der Waals surface area contributed by atoms with Crippen molar-refractivity contribution in [3.63, 3.8) is 0 Å². The molecule has 1 aliphatic rings. The molecule has 1 saturated heterocycles. The first kappa shape index (κ1) is 7.32. The molecule has 56 valence electrons. The zero-order valence-corrected chi connectivity index (χ0v) is 6.55. The summed E-state index contributed by atoms with van der Waals surface area (Å²) in [5.74, 6) is 0.285. The van der Waals surface area contributed by atoms with E-state index in [-0.39, 0.29) is 11.8 Å². The Labute approximate surface area is 61.5 Å². The first-order valence-corrected chi connectivity index (χ1v) is 3.63. The van der Waals surface area contributed by atoms with Crippen molar-refractivity contribution in [3.8, 4) is 0 Å². The third kappa shape index (κ3) is 0.939. The van der Waals surface area contributed by atoms with Crippen LogP contribution in [0.3, 0.4) is 0 Å². The van der Waals surface area contributed by atoms with Gasteiger partial charge in [0.15, 0.2) is 0 Å². The Morgan fingerprint density at radius 3 is 2.60 bits per heavy atom. The fourth-order valence-corrected chi connectivity index (χ4v) is 1.18. The second-order valence-electron chi connectivity index (χ2n) is 2.73. The van der Waals surface area contributed by atoms with Gasteiger partial charge in [-0.25, -0.2) is 0 Å². The first-order valence-electron chi connectivity index (χ1n) is 3.63. The average Bonchev–Trinajstić information content (AvgIpc) is 2.17. The van der Waals surface area contributed by atoms with Gasteiger partial charge < -0.3 is 4.90 Å². The smallest absolute Gasteiger partial charge is 0.229 e. The summed E-state index contributed by atoms with van der Waals surface area (Å²) in [5.41, 5.74) is 1.05. The number of hydrogen-bond donors (Lipinski definition) is 0.